The van der Waals surface area contributed by atoms with Gasteiger partial charge in [-0.25, -0.2) is 4.79 Å². The van der Waals surface area contributed by atoms with Gasteiger partial charge in [0, 0.05) is 29.9 Å². The molecule has 1 aliphatic heterocycles. The predicted octanol–water partition coefficient (Wildman–Crippen LogP) is 2.09. The number of carboxylic acids is 1. The van der Waals surface area contributed by atoms with Crippen LogP contribution in [0.25, 0.3) is 10.9 Å². The summed E-state index contributed by atoms with van der Waals surface area (Å²) < 4.78 is 0. The van der Waals surface area contributed by atoms with Gasteiger partial charge in [-0.2, -0.15) is 0 Å². The third-order valence-corrected chi connectivity index (χ3v) is 4.06. The summed E-state index contributed by atoms with van der Waals surface area (Å²) in [4.78, 5) is 28.0. The second-order valence-electron chi connectivity index (χ2n) is 5.22. The minimum absolute atomic E-state index is 0.214. The molecule has 0 saturated heterocycles. The lowest BCUT2D eigenvalue weighted by atomic mass is 9.92. The van der Waals surface area contributed by atoms with Gasteiger partial charge in [-0.3, -0.25) is 4.79 Å². The highest BCUT2D eigenvalue weighted by molar-refractivity contribution is 5.89. The van der Waals surface area contributed by atoms with Crippen molar-refractivity contribution in [2.24, 2.45) is 0 Å². The molecule has 0 bridgehead atoms. The van der Waals surface area contributed by atoms with E-state index >= 15 is 0 Å². The maximum absolute atomic E-state index is 11.8. The molecule has 1 amide bonds. The number of nitrogens with one attached hydrogen (secondary N) is 1. The average molecular weight is 272 g/mol. The van der Waals surface area contributed by atoms with Gasteiger partial charge < -0.3 is 15.0 Å². The zero-order chi connectivity index (χ0) is 14.4. The number of amides is 1. The first kappa shape index (κ1) is 12.7. The maximum Gasteiger partial charge on any atom is 0.326 e. The van der Waals surface area contributed by atoms with E-state index in [1.165, 1.54) is 11.8 Å². The van der Waals surface area contributed by atoms with E-state index in [1.54, 1.807) is 0 Å². The number of rotatable bonds is 1. The Labute approximate surface area is 116 Å². The molecule has 2 heterocycles. The Balaban J connectivity index is 2.20. The zero-order valence-corrected chi connectivity index (χ0v) is 11.4. The van der Waals surface area contributed by atoms with Crippen LogP contribution in [-0.4, -0.2) is 32.9 Å². The molecule has 1 aliphatic rings. The van der Waals surface area contributed by atoms with Gasteiger partial charge in [-0.1, -0.05) is 18.2 Å². The Bertz CT molecular complexity index is 704. The van der Waals surface area contributed by atoms with Crippen LogP contribution in [-0.2, 0) is 16.0 Å². The van der Waals surface area contributed by atoms with Crippen molar-refractivity contribution in [3.63, 3.8) is 0 Å². The number of carboxylic acid groups (broad SMARTS) is 1. The molecule has 2 N–H and O–H groups in total. The molecule has 1 aromatic carbocycles. The minimum Gasteiger partial charge on any atom is -0.480 e. The van der Waals surface area contributed by atoms with Crippen LogP contribution in [0.2, 0.25) is 0 Å². The Morgan fingerprint density at radius 2 is 2.05 bits per heavy atom. The van der Waals surface area contributed by atoms with Crippen molar-refractivity contribution in [2.75, 3.05) is 0 Å². The van der Waals surface area contributed by atoms with Crippen molar-refractivity contribution < 1.29 is 14.7 Å². The van der Waals surface area contributed by atoms with Crippen LogP contribution in [0.3, 0.4) is 0 Å². The van der Waals surface area contributed by atoms with E-state index in [2.05, 4.69) is 4.98 Å². The second-order valence-corrected chi connectivity index (χ2v) is 5.22. The fourth-order valence-corrected chi connectivity index (χ4v) is 3.20. The molecule has 0 radical (unpaired) electrons. The number of benzene rings is 1. The van der Waals surface area contributed by atoms with Crippen molar-refractivity contribution in [2.45, 2.75) is 32.4 Å². The molecule has 5 heteroatoms. The lowest BCUT2D eigenvalue weighted by molar-refractivity contribution is -0.152. The summed E-state index contributed by atoms with van der Waals surface area (Å²) in [7, 11) is 0. The number of aromatic nitrogens is 1. The van der Waals surface area contributed by atoms with Gasteiger partial charge in [-0.05, 0) is 18.6 Å². The molecule has 2 atom stereocenters. The number of hydrogen-bond acceptors (Lipinski definition) is 2. The number of hydrogen-bond donors (Lipinski definition) is 2. The quantitative estimate of drug-likeness (QED) is 0.834. The summed E-state index contributed by atoms with van der Waals surface area (Å²) in [6.45, 7) is 3.28. The summed E-state index contributed by atoms with van der Waals surface area (Å²) in [6, 6.07) is 6.77. The van der Waals surface area contributed by atoms with Crippen LogP contribution >= 0.6 is 0 Å². The first-order valence-electron chi connectivity index (χ1n) is 6.62. The molecule has 5 nitrogen and oxygen atoms in total. The van der Waals surface area contributed by atoms with Gasteiger partial charge in [-0.15, -0.1) is 0 Å². The van der Waals surface area contributed by atoms with Crippen LogP contribution < -0.4 is 0 Å². The van der Waals surface area contributed by atoms with E-state index in [4.69, 9.17) is 0 Å². The predicted molar refractivity (Wildman–Crippen MR) is 74.4 cm³/mol. The monoisotopic (exact) mass is 272 g/mol. The maximum atomic E-state index is 11.8. The van der Waals surface area contributed by atoms with Crippen LogP contribution in [0.1, 0.15) is 31.1 Å². The third-order valence-electron chi connectivity index (χ3n) is 4.06. The number of fused-ring (bicyclic) bond motifs is 3. The van der Waals surface area contributed by atoms with Crippen molar-refractivity contribution in [1.29, 1.82) is 0 Å². The number of para-hydroxylation sites is 1. The van der Waals surface area contributed by atoms with E-state index in [-0.39, 0.29) is 11.9 Å². The van der Waals surface area contributed by atoms with Crippen molar-refractivity contribution in [1.82, 2.24) is 9.88 Å². The molecular formula is C15H16N2O3. The van der Waals surface area contributed by atoms with E-state index < -0.39 is 12.0 Å². The Hall–Kier alpha value is -2.30. The summed E-state index contributed by atoms with van der Waals surface area (Å²) in [5, 5.41) is 10.5. The Morgan fingerprint density at radius 3 is 2.70 bits per heavy atom. The van der Waals surface area contributed by atoms with Gasteiger partial charge in [0.25, 0.3) is 0 Å². The summed E-state index contributed by atoms with van der Waals surface area (Å²) in [5.41, 5.74) is 2.94. The largest absolute Gasteiger partial charge is 0.480 e. The highest BCUT2D eigenvalue weighted by Gasteiger charge is 2.39. The number of aliphatic carboxylic acids is 1. The van der Waals surface area contributed by atoms with Gasteiger partial charge >= 0.3 is 5.97 Å². The molecular weight excluding hydrogens is 256 g/mol. The smallest absolute Gasteiger partial charge is 0.326 e. The summed E-state index contributed by atoms with van der Waals surface area (Å²) in [5.74, 6) is -1.17. The minimum atomic E-state index is -0.956. The normalized spacial score (nSPS) is 21.8. The number of H-pyrrole nitrogens is 1. The fourth-order valence-electron chi connectivity index (χ4n) is 3.20. The van der Waals surface area contributed by atoms with E-state index in [0.29, 0.717) is 6.42 Å². The number of nitrogens with zero attached hydrogens (tertiary/aromatic N) is 1. The number of aromatic amines is 1. The number of carbonyl (C=O) groups excluding carboxylic acids is 1. The third kappa shape index (κ3) is 1.70. The first-order chi connectivity index (χ1) is 9.50. The standard InChI is InChI=1S/C15H16N2O3/c1-8-14-11(10-5-3-4-6-12(10)16-14)7-13(15(19)20)17(8)9(2)18/h3-6,8,13,16H,7H2,1-2H3,(H,19,20)/t8-,13?/m0/s1. The van der Waals surface area contributed by atoms with Crippen LogP contribution in [0.15, 0.2) is 24.3 Å². The van der Waals surface area contributed by atoms with Crippen LogP contribution in [0.4, 0.5) is 0 Å². The van der Waals surface area contributed by atoms with E-state index in [0.717, 1.165) is 22.2 Å². The van der Waals surface area contributed by atoms with Crippen molar-refractivity contribution in [3.05, 3.63) is 35.5 Å². The average Bonchev–Trinajstić information content (AvgIpc) is 2.77. The molecule has 1 unspecified atom stereocenters. The van der Waals surface area contributed by atoms with Gasteiger partial charge in [0.15, 0.2) is 0 Å². The Morgan fingerprint density at radius 1 is 1.35 bits per heavy atom. The topological polar surface area (TPSA) is 73.4 Å². The van der Waals surface area contributed by atoms with Gasteiger partial charge in [0.1, 0.15) is 6.04 Å². The van der Waals surface area contributed by atoms with Crippen molar-refractivity contribution in [3.8, 4) is 0 Å². The highest BCUT2D eigenvalue weighted by atomic mass is 16.4. The molecule has 20 heavy (non-hydrogen) atoms. The molecule has 1 aromatic heterocycles. The fraction of sp³-hybridized carbons (Fsp3) is 0.333. The lowest BCUT2D eigenvalue weighted by Crippen LogP contribution is -2.49. The SMILES string of the molecule is CC(=O)N1C(C(=O)O)Cc2c([nH]c3ccccc23)[C@@H]1C. The van der Waals surface area contributed by atoms with E-state index in [9.17, 15) is 14.7 Å². The molecule has 3 rings (SSSR count). The van der Waals surface area contributed by atoms with Crippen LogP contribution in [0.5, 0.6) is 0 Å². The molecule has 0 spiro atoms. The van der Waals surface area contributed by atoms with Gasteiger partial charge in [0.05, 0.1) is 6.04 Å². The molecule has 0 aliphatic carbocycles. The summed E-state index contributed by atoms with van der Waals surface area (Å²) in [6.07, 6.45) is 0.346. The van der Waals surface area contributed by atoms with Crippen LogP contribution in [0, 0.1) is 0 Å². The summed E-state index contributed by atoms with van der Waals surface area (Å²) >= 11 is 0. The molecule has 104 valence electrons. The van der Waals surface area contributed by atoms with Gasteiger partial charge in [0.2, 0.25) is 5.91 Å². The molecule has 0 saturated carbocycles. The Kier molecular flexibility index (Phi) is 2.78. The zero-order valence-electron chi connectivity index (χ0n) is 11.4. The number of carbonyl (C=O) groups is 2. The van der Waals surface area contributed by atoms with Crippen molar-refractivity contribution >= 4 is 22.8 Å². The second kappa shape index (κ2) is 4.37. The first-order valence-corrected chi connectivity index (χ1v) is 6.62. The molecule has 0 fully saturated rings. The highest BCUT2D eigenvalue weighted by Crippen LogP contribution is 2.36. The molecule has 2 aromatic rings. The lowest BCUT2D eigenvalue weighted by Gasteiger charge is -2.37. The van der Waals surface area contributed by atoms with E-state index in [1.807, 2.05) is 31.2 Å².